The molecule has 13 heavy (non-hydrogen) atoms. The number of hydroxylamine groups is 1. The summed E-state index contributed by atoms with van der Waals surface area (Å²) in [5, 5.41) is 17.3. The molecule has 0 aliphatic rings. The summed E-state index contributed by atoms with van der Waals surface area (Å²) < 4.78 is 0. The van der Waals surface area contributed by atoms with Crippen molar-refractivity contribution in [2.24, 2.45) is 5.92 Å². The summed E-state index contributed by atoms with van der Waals surface area (Å²) in [6.45, 7) is 3.20. The summed E-state index contributed by atoms with van der Waals surface area (Å²) >= 11 is 0. The van der Waals surface area contributed by atoms with Gasteiger partial charge in [0.1, 0.15) is 12.7 Å². The first-order chi connectivity index (χ1) is 6.11. The van der Waals surface area contributed by atoms with Crippen LogP contribution in [0.3, 0.4) is 0 Å². The van der Waals surface area contributed by atoms with Crippen LogP contribution in [-0.2, 0) is 9.63 Å². The fraction of sp³-hybridized carbons (Fsp3) is 0.875. The minimum Gasteiger partial charge on any atom is -0.394 e. The van der Waals surface area contributed by atoms with Crippen LogP contribution in [0.25, 0.3) is 0 Å². The zero-order chi connectivity index (χ0) is 10.3. The van der Waals surface area contributed by atoms with Crippen LogP contribution in [0, 0.1) is 5.92 Å². The van der Waals surface area contributed by atoms with Crippen molar-refractivity contribution in [3.8, 4) is 0 Å². The quantitative estimate of drug-likeness (QED) is 0.491. The molecule has 0 radical (unpaired) electrons. The summed E-state index contributed by atoms with van der Waals surface area (Å²) in [4.78, 5) is 15.7. The second-order valence-electron chi connectivity index (χ2n) is 2.92. The minimum atomic E-state index is -0.947. The van der Waals surface area contributed by atoms with Gasteiger partial charge in [-0.15, -0.1) is 0 Å². The highest BCUT2D eigenvalue weighted by atomic mass is 16.7. The van der Waals surface area contributed by atoms with Crippen molar-refractivity contribution in [3.05, 3.63) is 0 Å². The van der Waals surface area contributed by atoms with E-state index in [0.717, 1.165) is 6.42 Å². The number of amides is 1. The van der Waals surface area contributed by atoms with E-state index in [2.05, 4.69) is 10.3 Å². The fourth-order valence-corrected chi connectivity index (χ4v) is 0.548. The molecule has 0 aliphatic heterocycles. The van der Waals surface area contributed by atoms with E-state index >= 15 is 0 Å². The van der Waals surface area contributed by atoms with Gasteiger partial charge in [0.05, 0.1) is 6.61 Å². The fourth-order valence-electron chi connectivity index (χ4n) is 0.548. The van der Waals surface area contributed by atoms with E-state index in [1.165, 1.54) is 0 Å². The van der Waals surface area contributed by atoms with Gasteiger partial charge in [-0.1, -0.05) is 13.8 Å². The van der Waals surface area contributed by atoms with Crippen LogP contribution < -0.4 is 5.48 Å². The predicted molar refractivity (Wildman–Crippen MR) is 46.6 cm³/mol. The second-order valence-corrected chi connectivity index (χ2v) is 2.92. The molecule has 0 heterocycles. The number of rotatable bonds is 6. The summed E-state index contributed by atoms with van der Waals surface area (Å²) in [5.41, 5.74) is 2.19. The molecule has 0 aromatic heterocycles. The molecule has 3 N–H and O–H groups in total. The van der Waals surface area contributed by atoms with Gasteiger partial charge < -0.3 is 10.2 Å². The molecule has 0 aliphatic carbocycles. The van der Waals surface area contributed by atoms with Gasteiger partial charge in [0, 0.05) is 5.92 Å². The van der Waals surface area contributed by atoms with Gasteiger partial charge in [0.25, 0.3) is 0 Å². The summed E-state index contributed by atoms with van der Waals surface area (Å²) in [5.74, 6) is -0.320. The van der Waals surface area contributed by atoms with Crippen molar-refractivity contribution >= 4 is 5.91 Å². The molecule has 1 amide bonds. The van der Waals surface area contributed by atoms with Crippen LogP contribution in [0.5, 0.6) is 0 Å². The third-order valence-corrected chi connectivity index (χ3v) is 1.72. The van der Waals surface area contributed by atoms with E-state index < -0.39 is 6.10 Å². The number of hydrogen-bond acceptors (Lipinski definition) is 4. The molecule has 0 rings (SSSR count). The third kappa shape index (κ3) is 5.57. The lowest BCUT2D eigenvalue weighted by Gasteiger charge is -2.11. The van der Waals surface area contributed by atoms with E-state index in [1.807, 2.05) is 6.92 Å². The summed E-state index contributed by atoms with van der Waals surface area (Å²) in [6.07, 6.45) is -0.213. The van der Waals surface area contributed by atoms with E-state index in [0.29, 0.717) is 0 Å². The van der Waals surface area contributed by atoms with Crippen molar-refractivity contribution in [2.45, 2.75) is 26.4 Å². The van der Waals surface area contributed by atoms with E-state index in [1.54, 1.807) is 6.92 Å². The lowest BCUT2D eigenvalue weighted by atomic mass is 10.1. The Morgan fingerprint density at radius 3 is 2.69 bits per heavy atom. The Kier molecular flexibility index (Phi) is 6.48. The minimum absolute atomic E-state index is 0.0985. The predicted octanol–water partition coefficient (Wildman–Crippen LogP) is -0.567. The SMILES string of the molecule is CCC(C)C(=O)NOCC(O)CO. The second kappa shape index (κ2) is 6.82. The van der Waals surface area contributed by atoms with Crippen molar-refractivity contribution in [3.63, 3.8) is 0 Å². The van der Waals surface area contributed by atoms with Crippen LogP contribution in [0.2, 0.25) is 0 Å². The first-order valence-electron chi connectivity index (χ1n) is 4.32. The first kappa shape index (κ1) is 12.3. The number of hydrogen-bond donors (Lipinski definition) is 3. The van der Waals surface area contributed by atoms with E-state index in [-0.39, 0.29) is 25.0 Å². The normalized spacial score (nSPS) is 15.1. The van der Waals surface area contributed by atoms with Crippen molar-refractivity contribution in [2.75, 3.05) is 13.2 Å². The number of carbonyl (C=O) groups is 1. The Bertz CT molecular complexity index is 151. The van der Waals surface area contributed by atoms with Gasteiger partial charge in [-0.2, -0.15) is 0 Å². The van der Waals surface area contributed by atoms with Gasteiger partial charge in [-0.05, 0) is 6.42 Å². The van der Waals surface area contributed by atoms with Crippen LogP contribution in [-0.4, -0.2) is 35.4 Å². The molecule has 0 aromatic carbocycles. The molecule has 0 aromatic rings. The van der Waals surface area contributed by atoms with E-state index in [4.69, 9.17) is 10.2 Å². The monoisotopic (exact) mass is 191 g/mol. The van der Waals surface area contributed by atoms with Gasteiger partial charge in [-0.3, -0.25) is 9.63 Å². The van der Waals surface area contributed by atoms with E-state index in [9.17, 15) is 4.79 Å². The maximum absolute atomic E-state index is 11.1. The Balaban J connectivity index is 3.47. The highest BCUT2D eigenvalue weighted by Gasteiger charge is 2.10. The van der Waals surface area contributed by atoms with Crippen LogP contribution in [0.4, 0.5) is 0 Å². The molecule has 0 spiro atoms. The maximum Gasteiger partial charge on any atom is 0.246 e. The zero-order valence-electron chi connectivity index (χ0n) is 7.99. The Morgan fingerprint density at radius 2 is 2.23 bits per heavy atom. The van der Waals surface area contributed by atoms with Crippen molar-refractivity contribution in [1.29, 1.82) is 0 Å². The molecule has 2 atom stereocenters. The number of nitrogens with one attached hydrogen (secondary N) is 1. The molecule has 5 heteroatoms. The number of aliphatic hydroxyl groups is 2. The average molecular weight is 191 g/mol. The zero-order valence-corrected chi connectivity index (χ0v) is 7.99. The molecule has 0 bridgehead atoms. The Labute approximate surface area is 77.7 Å². The van der Waals surface area contributed by atoms with Crippen molar-refractivity contribution in [1.82, 2.24) is 5.48 Å². The van der Waals surface area contributed by atoms with Gasteiger partial charge in [0.2, 0.25) is 5.91 Å². The highest BCUT2D eigenvalue weighted by Crippen LogP contribution is 1.99. The molecular formula is C8H17NO4. The van der Waals surface area contributed by atoms with Crippen LogP contribution >= 0.6 is 0 Å². The van der Waals surface area contributed by atoms with Gasteiger partial charge >= 0.3 is 0 Å². The molecular weight excluding hydrogens is 174 g/mol. The summed E-state index contributed by atoms with van der Waals surface area (Å²) in [7, 11) is 0. The topological polar surface area (TPSA) is 78.8 Å². The van der Waals surface area contributed by atoms with Crippen molar-refractivity contribution < 1.29 is 19.8 Å². The standard InChI is InChI=1S/C8H17NO4/c1-3-6(2)8(12)9-13-5-7(11)4-10/h6-7,10-11H,3-5H2,1-2H3,(H,9,12). The van der Waals surface area contributed by atoms with Gasteiger partial charge in [-0.25, -0.2) is 5.48 Å². The molecule has 2 unspecified atom stereocenters. The number of carbonyl (C=O) groups excluding carboxylic acids is 1. The first-order valence-corrected chi connectivity index (χ1v) is 4.32. The maximum atomic E-state index is 11.1. The lowest BCUT2D eigenvalue weighted by Crippen LogP contribution is -2.32. The van der Waals surface area contributed by atoms with Crippen LogP contribution in [0.1, 0.15) is 20.3 Å². The highest BCUT2D eigenvalue weighted by molar-refractivity contribution is 5.77. The smallest absolute Gasteiger partial charge is 0.246 e. The molecule has 78 valence electrons. The number of aliphatic hydroxyl groups excluding tert-OH is 2. The molecule has 0 saturated heterocycles. The average Bonchev–Trinajstić information content (AvgIpc) is 2.15. The largest absolute Gasteiger partial charge is 0.394 e. The van der Waals surface area contributed by atoms with Crippen LogP contribution in [0.15, 0.2) is 0 Å². The lowest BCUT2D eigenvalue weighted by molar-refractivity contribution is -0.140. The Morgan fingerprint density at radius 1 is 1.62 bits per heavy atom. The van der Waals surface area contributed by atoms with Gasteiger partial charge in [0.15, 0.2) is 0 Å². The molecule has 0 fully saturated rings. The molecule has 5 nitrogen and oxygen atoms in total. The third-order valence-electron chi connectivity index (χ3n) is 1.72. The Hall–Kier alpha value is -0.650. The molecule has 0 saturated carbocycles. The summed E-state index contributed by atoms with van der Waals surface area (Å²) in [6, 6.07) is 0.